The molecular formula is C19H26FN3O2. The fraction of sp³-hybridized carbons (Fsp3) is 0.579. The van der Waals surface area contributed by atoms with Crippen LogP contribution in [-0.2, 0) is 9.59 Å². The molecule has 0 aromatic heterocycles. The van der Waals surface area contributed by atoms with Gasteiger partial charge in [0.05, 0.1) is 17.6 Å². The molecule has 0 saturated carbocycles. The molecule has 1 aromatic carbocycles. The number of benzene rings is 1. The van der Waals surface area contributed by atoms with Crippen molar-refractivity contribution in [2.75, 3.05) is 31.1 Å². The lowest BCUT2D eigenvalue weighted by atomic mass is 9.95. The molecule has 2 heterocycles. The molecule has 6 heteroatoms. The number of piperidine rings is 1. The van der Waals surface area contributed by atoms with Crippen molar-refractivity contribution in [3.05, 3.63) is 30.1 Å². The number of rotatable bonds is 5. The van der Waals surface area contributed by atoms with Crippen LogP contribution < -0.4 is 10.2 Å². The normalized spacial score (nSPS) is 24.6. The van der Waals surface area contributed by atoms with Crippen LogP contribution in [0.3, 0.4) is 0 Å². The van der Waals surface area contributed by atoms with Gasteiger partial charge < -0.3 is 10.2 Å². The molecule has 136 valence electrons. The number of nitrogens with zero attached hydrogens (tertiary/aromatic N) is 2. The zero-order valence-electron chi connectivity index (χ0n) is 14.7. The van der Waals surface area contributed by atoms with E-state index in [1.54, 1.807) is 23.1 Å². The summed E-state index contributed by atoms with van der Waals surface area (Å²) >= 11 is 0. The van der Waals surface area contributed by atoms with Gasteiger partial charge in [-0.1, -0.05) is 19.1 Å². The summed E-state index contributed by atoms with van der Waals surface area (Å²) in [6, 6.07) is 6.15. The number of hydrogen-bond donors (Lipinski definition) is 1. The minimum Gasteiger partial charge on any atom is -0.356 e. The third kappa shape index (κ3) is 3.84. The molecule has 1 aromatic rings. The van der Waals surface area contributed by atoms with Crippen LogP contribution in [0.2, 0.25) is 0 Å². The van der Waals surface area contributed by atoms with Crippen molar-refractivity contribution in [3.63, 3.8) is 0 Å². The molecule has 0 aliphatic carbocycles. The van der Waals surface area contributed by atoms with Gasteiger partial charge in [0, 0.05) is 19.6 Å². The van der Waals surface area contributed by atoms with E-state index < -0.39 is 0 Å². The summed E-state index contributed by atoms with van der Waals surface area (Å²) in [6.07, 6.45) is 3.37. The Bertz CT molecular complexity index is 637. The van der Waals surface area contributed by atoms with Gasteiger partial charge in [-0.25, -0.2) is 4.39 Å². The van der Waals surface area contributed by atoms with Crippen LogP contribution in [-0.4, -0.2) is 48.9 Å². The van der Waals surface area contributed by atoms with E-state index >= 15 is 0 Å². The predicted molar refractivity (Wildman–Crippen MR) is 94.8 cm³/mol. The number of halogens is 1. The Kier molecular flexibility index (Phi) is 5.68. The van der Waals surface area contributed by atoms with Gasteiger partial charge in [0.1, 0.15) is 5.82 Å². The van der Waals surface area contributed by atoms with E-state index in [-0.39, 0.29) is 29.6 Å². The molecule has 5 nitrogen and oxygen atoms in total. The lowest BCUT2D eigenvalue weighted by molar-refractivity contribution is -0.129. The molecule has 2 amide bonds. The van der Waals surface area contributed by atoms with E-state index in [1.807, 2.05) is 6.92 Å². The van der Waals surface area contributed by atoms with Crippen LogP contribution in [0, 0.1) is 11.7 Å². The average Bonchev–Trinajstić information content (AvgIpc) is 3.01. The minimum absolute atomic E-state index is 0.0558. The van der Waals surface area contributed by atoms with Gasteiger partial charge in [-0.05, 0) is 44.4 Å². The third-order valence-corrected chi connectivity index (χ3v) is 5.13. The molecule has 2 unspecified atom stereocenters. The average molecular weight is 347 g/mol. The second kappa shape index (κ2) is 7.95. The van der Waals surface area contributed by atoms with Gasteiger partial charge in [0.15, 0.2) is 0 Å². The summed E-state index contributed by atoms with van der Waals surface area (Å²) in [6.45, 7) is 4.67. The number of carbonyl (C=O) groups is 2. The Hall–Kier alpha value is -1.95. The second-order valence-electron chi connectivity index (χ2n) is 6.87. The Balaban J connectivity index is 1.65. The first-order valence-corrected chi connectivity index (χ1v) is 9.19. The van der Waals surface area contributed by atoms with E-state index in [0.717, 1.165) is 25.8 Å². The van der Waals surface area contributed by atoms with Gasteiger partial charge in [-0.3, -0.25) is 14.5 Å². The fourth-order valence-corrected chi connectivity index (χ4v) is 3.81. The Morgan fingerprint density at radius 3 is 2.84 bits per heavy atom. The first kappa shape index (κ1) is 17.9. The van der Waals surface area contributed by atoms with Crippen molar-refractivity contribution in [1.29, 1.82) is 0 Å². The molecule has 25 heavy (non-hydrogen) atoms. The first-order valence-electron chi connectivity index (χ1n) is 9.19. The summed E-state index contributed by atoms with van der Waals surface area (Å²) in [5, 5.41) is 2.96. The fourth-order valence-electron chi connectivity index (χ4n) is 3.81. The quantitative estimate of drug-likeness (QED) is 0.888. The maximum Gasteiger partial charge on any atom is 0.244 e. The van der Waals surface area contributed by atoms with Crippen molar-refractivity contribution in [2.45, 2.75) is 38.6 Å². The molecule has 0 spiro atoms. The molecule has 2 aliphatic heterocycles. The van der Waals surface area contributed by atoms with E-state index in [9.17, 15) is 14.0 Å². The smallest absolute Gasteiger partial charge is 0.244 e. The van der Waals surface area contributed by atoms with Gasteiger partial charge in [-0.15, -0.1) is 0 Å². The number of nitrogens with one attached hydrogen (secondary N) is 1. The van der Waals surface area contributed by atoms with Crippen LogP contribution in [0.5, 0.6) is 0 Å². The van der Waals surface area contributed by atoms with Crippen molar-refractivity contribution in [3.8, 4) is 0 Å². The summed E-state index contributed by atoms with van der Waals surface area (Å²) in [7, 11) is 0. The minimum atomic E-state index is -0.369. The molecule has 2 saturated heterocycles. The highest BCUT2D eigenvalue weighted by atomic mass is 19.1. The Labute approximate surface area is 148 Å². The van der Waals surface area contributed by atoms with E-state index in [4.69, 9.17) is 0 Å². The Morgan fingerprint density at radius 2 is 2.08 bits per heavy atom. The van der Waals surface area contributed by atoms with Crippen molar-refractivity contribution >= 4 is 17.5 Å². The number of hydrogen-bond acceptors (Lipinski definition) is 3. The van der Waals surface area contributed by atoms with E-state index in [0.29, 0.717) is 31.7 Å². The van der Waals surface area contributed by atoms with Crippen LogP contribution in [0.4, 0.5) is 10.1 Å². The number of likely N-dealkylation sites (tertiary alicyclic amines) is 1. The topological polar surface area (TPSA) is 52.7 Å². The molecular weight excluding hydrogens is 321 g/mol. The first-order chi connectivity index (χ1) is 12.1. The predicted octanol–water partition coefficient (Wildman–Crippen LogP) is 2.17. The monoisotopic (exact) mass is 347 g/mol. The summed E-state index contributed by atoms with van der Waals surface area (Å²) in [5.41, 5.74) is 0.351. The second-order valence-corrected chi connectivity index (χ2v) is 6.87. The van der Waals surface area contributed by atoms with Gasteiger partial charge in [0.25, 0.3) is 0 Å². The van der Waals surface area contributed by atoms with Crippen LogP contribution in [0.15, 0.2) is 24.3 Å². The zero-order chi connectivity index (χ0) is 17.8. The van der Waals surface area contributed by atoms with Crippen molar-refractivity contribution in [2.24, 2.45) is 5.92 Å². The van der Waals surface area contributed by atoms with Gasteiger partial charge in [0.2, 0.25) is 11.8 Å². The number of para-hydroxylation sites is 1. The van der Waals surface area contributed by atoms with Gasteiger partial charge >= 0.3 is 0 Å². The maximum atomic E-state index is 14.0. The molecule has 2 aliphatic rings. The van der Waals surface area contributed by atoms with Crippen LogP contribution >= 0.6 is 0 Å². The molecule has 0 bridgehead atoms. The van der Waals surface area contributed by atoms with Crippen LogP contribution in [0.1, 0.15) is 32.6 Å². The highest BCUT2D eigenvalue weighted by Crippen LogP contribution is 2.29. The largest absolute Gasteiger partial charge is 0.356 e. The maximum absolute atomic E-state index is 14.0. The molecule has 0 radical (unpaired) electrons. The number of carbonyl (C=O) groups excluding carboxylic acids is 2. The lowest BCUT2D eigenvalue weighted by Gasteiger charge is -2.35. The standard InChI is InChI=1S/C19H26FN3O2/c1-2-10-21-18(24)14-6-5-11-22(13-14)17-9-12-23(19(17)25)16-8-4-3-7-15(16)20/h3-4,7-8,14,17H,2,5-6,9-13H2,1H3,(H,21,24). The summed E-state index contributed by atoms with van der Waals surface area (Å²) in [4.78, 5) is 28.7. The van der Waals surface area contributed by atoms with E-state index in [1.165, 1.54) is 6.07 Å². The SMILES string of the molecule is CCCNC(=O)C1CCCN(C2CCN(c3ccccc3F)C2=O)C1. The summed E-state index contributed by atoms with van der Waals surface area (Å²) in [5.74, 6) is -0.398. The number of anilines is 1. The Morgan fingerprint density at radius 1 is 1.28 bits per heavy atom. The highest BCUT2D eigenvalue weighted by molar-refractivity contribution is 5.99. The van der Waals surface area contributed by atoms with E-state index in [2.05, 4.69) is 10.2 Å². The van der Waals surface area contributed by atoms with Crippen molar-refractivity contribution in [1.82, 2.24) is 10.2 Å². The number of amides is 2. The molecule has 2 fully saturated rings. The summed E-state index contributed by atoms with van der Waals surface area (Å²) < 4.78 is 14.0. The van der Waals surface area contributed by atoms with Gasteiger partial charge in [-0.2, -0.15) is 0 Å². The molecule has 2 atom stereocenters. The van der Waals surface area contributed by atoms with Crippen molar-refractivity contribution < 1.29 is 14.0 Å². The zero-order valence-corrected chi connectivity index (χ0v) is 14.7. The molecule has 3 rings (SSSR count). The third-order valence-electron chi connectivity index (χ3n) is 5.13. The highest BCUT2D eigenvalue weighted by Gasteiger charge is 2.40. The molecule has 1 N–H and O–H groups in total. The van der Waals surface area contributed by atoms with Crippen LogP contribution in [0.25, 0.3) is 0 Å². The lowest BCUT2D eigenvalue weighted by Crippen LogP contribution is -2.50.